The summed E-state index contributed by atoms with van der Waals surface area (Å²) in [7, 11) is 1.63. The highest BCUT2D eigenvalue weighted by Gasteiger charge is 2.26. The maximum absolute atomic E-state index is 10.1. The lowest BCUT2D eigenvalue weighted by molar-refractivity contribution is 0.0929. The molecule has 0 aromatic heterocycles. The lowest BCUT2D eigenvalue weighted by Gasteiger charge is -2.35. The Hall–Kier alpha value is -1.26. The fourth-order valence-electron chi connectivity index (χ4n) is 2.82. The van der Waals surface area contributed by atoms with Gasteiger partial charge in [0.25, 0.3) is 0 Å². The van der Waals surface area contributed by atoms with Crippen LogP contribution in [0.5, 0.6) is 11.5 Å². The third-order valence-corrected chi connectivity index (χ3v) is 4.21. The van der Waals surface area contributed by atoms with Crippen molar-refractivity contribution in [3.8, 4) is 11.5 Å². The Balaban J connectivity index is 1.72. The number of benzene rings is 1. The quantitative estimate of drug-likeness (QED) is 0.811. The van der Waals surface area contributed by atoms with Crippen LogP contribution in [-0.4, -0.2) is 37.0 Å². The van der Waals surface area contributed by atoms with Crippen molar-refractivity contribution < 1.29 is 14.6 Å². The minimum Gasteiger partial charge on any atom is -0.497 e. The average molecular weight is 293 g/mol. The van der Waals surface area contributed by atoms with E-state index < -0.39 is 6.10 Å². The van der Waals surface area contributed by atoms with Crippen molar-refractivity contribution in [2.45, 2.75) is 50.7 Å². The summed E-state index contributed by atoms with van der Waals surface area (Å²) in [6.07, 6.45) is 5.76. The SMILES string of the molecule is COc1cccc(OCC(O)CNC2(C)CCCCC2)c1. The fraction of sp³-hybridized carbons (Fsp3) is 0.647. The van der Waals surface area contributed by atoms with Gasteiger partial charge in [0.05, 0.1) is 7.11 Å². The molecule has 1 aliphatic rings. The molecule has 118 valence electrons. The van der Waals surface area contributed by atoms with Gasteiger partial charge in [0.15, 0.2) is 0 Å². The smallest absolute Gasteiger partial charge is 0.123 e. The van der Waals surface area contributed by atoms with Crippen LogP contribution in [0.15, 0.2) is 24.3 Å². The molecule has 1 saturated carbocycles. The van der Waals surface area contributed by atoms with Crippen molar-refractivity contribution in [3.63, 3.8) is 0 Å². The Bertz CT molecular complexity index is 430. The Morgan fingerprint density at radius 3 is 2.67 bits per heavy atom. The number of nitrogens with one attached hydrogen (secondary N) is 1. The van der Waals surface area contributed by atoms with Crippen LogP contribution in [-0.2, 0) is 0 Å². The number of hydrogen-bond donors (Lipinski definition) is 2. The molecule has 0 amide bonds. The van der Waals surface area contributed by atoms with Gasteiger partial charge in [-0.15, -0.1) is 0 Å². The zero-order valence-corrected chi connectivity index (χ0v) is 13.1. The molecule has 0 heterocycles. The molecule has 2 N–H and O–H groups in total. The Labute approximate surface area is 127 Å². The van der Waals surface area contributed by atoms with Crippen LogP contribution >= 0.6 is 0 Å². The fourth-order valence-corrected chi connectivity index (χ4v) is 2.82. The zero-order valence-electron chi connectivity index (χ0n) is 13.1. The van der Waals surface area contributed by atoms with E-state index in [1.54, 1.807) is 7.11 Å². The Morgan fingerprint density at radius 2 is 1.95 bits per heavy atom. The molecule has 4 heteroatoms. The van der Waals surface area contributed by atoms with Gasteiger partial charge < -0.3 is 19.9 Å². The van der Waals surface area contributed by atoms with E-state index in [4.69, 9.17) is 9.47 Å². The van der Waals surface area contributed by atoms with Crippen molar-refractivity contribution in [3.05, 3.63) is 24.3 Å². The molecule has 1 atom stereocenters. The molecule has 4 nitrogen and oxygen atoms in total. The largest absolute Gasteiger partial charge is 0.497 e. The van der Waals surface area contributed by atoms with Crippen molar-refractivity contribution in [1.29, 1.82) is 0 Å². The Morgan fingerprint density at radius 1 is 1.24 bits per heavy atom. The molecule has 1 fully saturated rings. The van der Waals surface area contributed by atoms with Crippen molar-refractivity contribution >= 4 is 0 Å². The van der Waals surface area contributed by atoms with Gasteiger partial charge in [-0.2, -0.15) is 0 Å². The Kier molecular flexibility index (Phi) is 5.88. The first-order valence-electron chi connectivity index (χ1n) is 7.81. The molecule has 1 unspecified atom stereocenters. The van der Waals surface area contributed by atoms with Gasteiger partial charge >= 0.3 is 0 Å². The van der Waals surface area contributed by atoms with Crippen LogP contribution in [0, 0.1) is 0 Å². The summed E-state index contributed by atoms with van der Waals surface area (Å²) in [5.41, 5.74) is 0.176. The minimum atomic E-state index is -0.505. The number of rotatable bonds is 7. The summed E-state index contributed by atoms with van der Waals surface area (Å²) in [4.78, 5) is 0. The molecule has 0 spiro atoms. The van der Waals surface area contributed by atoms with E-state index in [0.717, 1.165) is 11.5 Å². The lowest BCUT2D eigenvalue weighted by Crippen LogP contribution is -2.48. The normalized spacial score (nSPS) is 19.0. The molecule has 0 radical (unpaired) electrons. The predicted octanol–water partition coefficient (Wildman–Crippen LogP) is 2.75. The van der Waals surface area contributed by atoms with Gasteiger partial charge in [0, 0.05) is 18.2 Å². The first-order valence-corrected chi connectivity index (χ1v) is 7.81. The molecule has 21 heavy (non-hydrogen) atoms. The second-order valence-electron chi connectivity index (χ2n) is 6.15. The van der Waals surface area contributed by atoms with Crippen LogP contribution < -0.4 is 14.8 Å². The molecule has 2 rings (SSSR count). The molecular formula is C17H27NO3. The number of hydrogen-bond acceptors (Lipinski definition) is 4. The van der Waals surface area contributed by atoms with E-state index in [-0.39, 0.29) is 12.1 Å². The van der Waals surface area contributed by atoms with Gasteiger partial charge in [-0.1, -0.05) is 25.3 Å². The van der Waals surface area contributed by atoms with E-state index in [2.05, 4.69) is 12.2 Å². The highest BCUT2D eigenvalue weighted by Crippen LogP contribution is 2.27. The third kappa shape index (κ3) is 5.21. The highest BCUT2D eigenvalue weighted by atomic mass is 16.5. The van der Waals surface area contributed by atoms with Crippen LogP contribution in [0.25, 0.3) is 0 Å². The van der Waals surface area contributed by atoms with E-state index in [1.807, 2.05) is 24.3 Å². The van der Waals surface area contributed by atoms with Gasteiger partial charge in [0.2, 0.25) is 0 Å². The topological polar surface area (TPSA) is 50.7 Å². The summed E-state index contributed by atoms with van der Waals surface area (Å²) in [5, 5.41) is 13.6. The third-order valence-electron chi connectivity index (χ3n) is 4.21. The first kappa shape index (κ1) is 16.1. The summed E-state index contributed by atoms with van der Waals surface area (Å²) in [6.45, 7) is 3.11. The van der Waals surface area contributed by atoms with Crippen LogP contribution in [0.1, 0.15) is 39.0 Å². The predicted molar refractivity (Wildman–Crippen MR) is 84.0 cm³/mol. The van der Waals surface area contributed by atoms with E-state index in [9.17, 15) is 5.11 Å². The van der Waals surface area contributed by atoms with Gasteiger partial charge in [-0.3, -0.25) is 0 Å². The van der Waals surface area contributed by atoms with E-state index >= 15 is 0 Å². The average Bonchev–Trinajstić information content (AvgIpc) is 2.52. The second-order valence-corrected chi connectivity index (χ2v) is 6.15. The molecule has 1 aliphatic carbocycles. The number of aliphatic hydroxyl groups is 1. The standard InChI is InChI=1S/C17H27NO3/c1-17(9-4-3-5-10-17)18-12-14(19)13-21-16-8-6-7-15(11-16)20-2/h6-8,11,14,18-19H,3-5,9-10,12-13H2,1-2H3. The zero-order chi connectivity index (χ0) is 15.1. The van der Waals surface area contributed by atoms with E-state index in [0.29, 0.717) is 6.54 Å². The van der Waals surface area contributed by atoms with Crippen molar-refractivity contribution in [2.24, 2.45) is 0 Å². The number of methoxy groups -OCH3 is 1. The van der Waals surface area contributed by atoms with Crippen LogP contribution in [0.4, 0.5) is 0 Å². The maximum Gasteiger partial charge on any atom is 0.123 e. The molecule has 0 aliphatic heterocycles. The van der Waals surface area contributed by atoms with E-state index in [1.165, 1.54) is 32.1 Å². The summed E-state index contributed by atoms with van der Waals surface area (Å²) >= 11 is 0. The summed E-state index contributed by atoms with van der Waals surface area (Å²) < 4.78 is 10.8. The molecule has 1 aromatic carbocycles. The van der Waals surface area contributed by atoms with Gasteiger partial charge in [-0.05, 0) is 31.9 Å². The molecule has 0 saturated heterocycles. The summed E-state index contributed by atoms with van der Waals surface area (Å²) in [5.74, 6) is 1.48. The highest BCUT2D eigenvalue weighted by molar-refractivity contribution is 5.32. The number of β-amino-alcohol motifs (C(OH)–C–C–N with tert-alkyl or cyclic N) is 1. The lowest BCUT2D eigenvalue weighted by atomic mass is 9.83. The van der Waals surface area contributed by atoms with Gasteiger partial charge in [-0.25, -0.2) is 0 Å². The molecular weight excluding hydrogens is 266 g/mol. The second kappa shape index (κ2) is 7.66. The van der Waals surface area contributed by atoms with Crippen molar-refractivity contribution in [2.75, 3.05) is 20.3 Å². The minimum absolute atomic E-state index is 0.176. The monoisotopic (exact) mass is 293 g/mol. The summed E-state index contributed by atoms with van der Waals surface area (Å²) in [6, 6.07) is 7.43. The molecule has 1 aromatic rings. The maximum atomic E-state index is 10.1. The van der Waals surface area contributed by atoms with Crippen LogP contribution in [0.2, 0.25) is 0 Å². The van der Waals surface area contributed by atoms with Crippen LogP contribution in [0.3, 0.4) is 0 Å². The van der Waals surface area contributed by atoms with Gasteiger partial charge in [0.1, 0.15) is 24.2 Å². The number of aliphatic hydroxyl groups excluding tert-OH is 1. The number of ether oxygens (including phenoxy) is 2. The van der Waals surface area contributed by atoms with Crippen molar-refractivity contribution in [1.82, 2.24) is 5.32 Å². The first-order chi connectivity index (χ1) is 10.1. The molecule has 0 bridgehead atoms.